The first kappa shape index (κ1) is 22.1. The Bertz CT molecular complexity index is 1060. The standard InChI is InChI=1S/C27H29F2N3/c1-3-32(4-2)26-17-14-19(7-6-18-30-26)20-10-12-21(13-11-20)24-15-16-25(31-24)27-22(28)8-5-9-23(27)29/h5,8-14,17-18,24H,3-4,6-7,15-16H2,1-2H3/b19-14+,26-17+,30-18-. The average Bonchev–Trinajstić information content (AvgIpc) is 3.26. The van der Waals surface area contributed by atoms with Gasteiger partial charge in [-0.2, -0.15) is 0 Å². The molecule has 4 rings (SSSR count). The summed E-state index contributed by atoms with van der Waals surface area (Å²) in [5.41, 5.74) is 4.07. The minimum atomic E-state index is -0.545. The molecular weight excluding hydrogens is 404 g/mol. The molecule has 0 aliphatic carbocycles. The molecule has 0 bridgehead atoms. The second-order valence-corrected chi connectivity index (χ2v) is 8.09. The zero-order valence-corrected chi connectivity index (χ0v) is 18.7. The highest BCUT2D eigenvalue weighted by molar-refractivity contribution is 6.02. The van der Waals surface area contributed by atoms with Crippen LogP contribution < -0.4 is 0 Å². The lowest BCUT2D eigenvalue weighted by molar-refractivity contribution is 0.379. The highest BCUT2D eigenvalue weighted by Gasteiger charge is 2.24. The number of hydrogen-bond donors (Lipinski definition) is 0. The molecule has 0 saturated carbocycles. The number of allylic oxidation sites excluding steroid dienone is 3. The van der Waals surface area contributed by atoms with Gasteiger partial charge in [0.1, 0.15) is 17.5 Å². The zero-order valence-electron chi connectivity index (χ0n) is 18.7. The van der Waals surface area contributed by atoms with Crippen molar-refractivity contribution >= 4 is 17.5 Å². The van der Waals surface area contributed by atoms with Crippen molar-refractivity contribution in [1.29, 1.82) is 0 Å². The number of rotatable bonds is 6. The first-order valence-electron chi connectivity index (χ1n) is 11.4. The van der Waals surface area contributed by atoms with Crippen LogP contribution in [0.2, 0.25) is 0 Å². The summed E-state index contributed by atoms with van der Waals surface area (Å²) < 4.78 is 28.3. The molecule has 32 heavy (non-hydrogen) atoms. The Morgan fingerprint density at radius 1 is 0.938 bits per heavy atom. The summed E-state index contributed by atoms with van der Waals surface area (Å²) in [7, 11) is 0. The molecule has 2 aromatic carbocycles. The predicted octanol–water partition coefficient (Wildman–Crippen LogP) is 6.72. The van der Waals surface area contributed by atoms with Crippen molar-refractivity contribution in [1.82, 2.24) is 4.90 Å². The normalized spacial score (nSPS) is 22.8. The molecule has 166 valence electrons. The van der Waals surface area contributed by atoms with E-state index in [4.69, 9.17) is 0 Å². The van der Waals surface area contributed by atoms with Gasteiger partial charge in [0.15, 0.2) is 0 Å². The van der Waals surface area contributed by atoms with Crippen LogP contribution in [-0.4, -0.2) is 29.9 Å². The first-order chi connectivity index (χ1) is 15.6. The van der Waals surface area contributed by atoms with Crippen molar-refractivity contribution in [2.75, 3.05) is 13.1 Å². The van der Waals surface area contributed by atoms with Gasteiger partial charge in [0, 0.05) is 25.0 Å². The van der Waals surface area contributed by atoms with Crippen molar-refractivity contribution in [2.45, 2.75) is 45.6 Å². The summed E-state index contributed by atoms with van der Waals surface area (Å²) in [6.07, 6.45) is 9.45. The second-order valence-electron chi connectivity index (χ2n) is 8.09. The quantitative estimate of drug-likeness (QED) is 0.497. The molecule has 2 aliphatic rings. The minimum absolute atomic E-state index is 0.0174. The van der Waals surface area contributed by atoms with Crippen molar-refractivity contribution < 1.29 is 8.78 Å². The summed E-state index contributed by atoms with van der Waals surface area (Å²) in [5.74, 6) is -0.0923. The molecule has 0 saturated heterocycles. The topological polar surface area (TPSA) is 28.0 Å². The van der Waals surface area contributed by atoms with Gasteiger partial charge >= 0.3 is 0 Å². The number of halogens is 2. The van der Waals surface area contributed by atoms with Gasteiger partial charge in [0.2, 0.25) is 0 Å². The van der Waals surface area contributed by atoms with Crippen LogP contribution in [0.25, 0.3) is 5.57 Å². The Balaban J connectivity index is 1.54. The minimum Gasteiger partial charge on any atom is -0.357 e. The summed E-state index contributed by atoms with van der Waals surface area (Å²) in [4.78, 5) is 11.5. The number of benzene rings is 2. The van der Waals surface area contributed by atoms with E-state index in [1.807, 2.05) is 6.21 Å². The molecule has 2 heterocycles. The van der Waals surface area contributed by atoms with E-state index in [0.717, 1.165) is 43.7 Å². The average molecular weight is 434 g/mol. The second kappa shape index (κ2) is 10.0. The van der Waals surface area contributed by atoms with Crippen LogP contribution in [-0.2, 0) is 0 Å². The lowest BCUT2D eigenvalue weighted by Gasteiger charge is -2.21. The lowest BCUT2D eigenvalue weighted by atomic mass is 9.96. The maximum atomic E-state index is 14.1. The van der Waals surface area contributed by atoms with Crippen LogP contribution in [0, 0.1) is 11.6 Å². The van der Waals surface area contributed by atoms with E-state index in [2.05, 4.69) is 65.1 Å². The van der Waals surface area contributed by atoms with E-state index in [1.54, 1.807) is 0 Å². The molecular formula is C27H29F2N3. The van der Waals surface area contributed by atoms with Gasteiger partial charge in [0.05, 0.1) is 11.6 Å². The summed E-state index contributed by atoms with van der Waals surface area (Å²) in [6.45, 7) is 6.13. The third-order valence-corrected chi connectivity index (χ3v) is 6.17. The predicted molar refractivity (Wildman–Crippen MR) is 128 cm³/mol. The van der Waals surface area contributed by atoms with Gasteiger partial charge in [0.25, 0.3) is 0 Å². The number of nitrogens with zero attached hydrogens (tertiary/aromatic N) is 3. The fourth-order valence-electron chi connectivity index (χ4n) is 4.37. The summed E-state index contributed by atoms with van der Waals surface area (Å²) in [6, 6.07) is 12.3. The molecule has 0 amide bonds. The Morgan fingerprint density at radius 2 is 1.66 bits per heavy atom. The van der Waals surface area contributed by atoms with Crippen molar-refractivity contribution in [3.8, 4) is 0 Å². The molecule has 0 spiro atoms. The Labute approximate surface area is 188 Å². The molecule has 2 aromatic rings. The van der Waals surface area contributed by atoms with Crippen molar-refractivity contribution in [2.24, 2.45) is 9.98 Å². The summed E-state index contributed by atoms with van der Waals surface area (Å²) >= 11 is 0. The molecule has 0 radical (unpaired) electrons. The Morgan fingerprint density at radius 3 is 2.34 bits per heavy atom. The van der Waals surface area contributed by atoms with E-state index >= 15 is 0 Å². The van der Waals surface area contributed by atoms with Gasteiger partial charge in [-0.3, -0.25) is 4.99 Å². The zero-order chi connectivity index (χ0) is 22.5. The largest absolute Gasteiger partial charge is 0.357 e. The highest BCUT2D eigenvalue weighted by atomic mass is 19.1. The maximum Gasteiger partial charge on any atom is 0.135 e. The fourth-order valence-corrected chi connectivity index (χ4v) is 4.37. The van der Waals surface area contributed by atoms with Crippen LogP contribution >= 0.6 is 0 Å². The van der Waals surface area contributed by atoms with E-state index in [9.17, 15) is 8.78 Å². The number of aliphatic imine (C=N–C) groups is 2. The molecule has 0 fully saturated rings. The molecule has 5 heteroatoms. The number of hydrogen-bond acceptors (Lipinski definition) is 3. The maximum absolute atomic E-state index is 14.1. The van der Waals surface area contributed by atoms with E-state index in [-0.39, 0.29) is 11.6 Å². The SMILES string of the molecule is CCN(CC)C1=C/C=C(/c2ccc(C3CCC(c4c(F)cccc4F)=N3)cc2)CC/C=N\1. The fraction of sp³-hybridized carbons (Fsp3) is 0.333. The molecule has 0 aromatic heterocycles. The smallest absolute Gasteiger partial charge is 0.135 e. The van der Waals surface area contributed by atoms with Crippen LogP contribution in [0.3, 0.4) is 0 Å². The third kappa shape index (κ3) is 4.72. The van der Waals surface area contributed by atoms with Crippen LogP contribution in [0.15, 0.2) is 70.4 Å². The molecule has 1 atom stereocenters. The van der Waals surface area contributed by atoms with E-state index in [1.165, 1.54) is 29.3 Å². The van der Waals surface area contributed by atoms with E-state index < -0.39 is 11.6 Å². The van der Waals surface area contributed by atoms with Gasteiger partial charge in [-0.1, -0.05) is 36.4 Å². The van der Waals surface area contributed by atoms with Crippen molar-refractivity contribution in [3.05, 3.63) is 88.8 Å². The van der Waals surface area contributed by atoms with Gasteiger partial charge in [-0.25, -0.2) is 13.8 Å². The molecule has 2 aliphatic heterocycles. The van der Waals surface area contributed by atoms with Crippen molar-refractivity contribution in [3.63, 3.8) is 0 Å². The van der Waals surface area contributed by atoms with Gasteiger partial charge in [-0.05, 0) is 74.4 Å². The Kier molecular flexibility index (Phi) is 6.93. The lowest BCUT2D eigenvalue weighted by Crippen LogP contribution is -2.21. The first-order valence-corrected chi connectivity index (χ1v) is 11.4. The molecule has 1 unspecified atom stereocenters. The van der Waals surface area contributed by atoms with E-state index in [0.29, 0.717) is 12.1 Å². The van der Waals surface area contributed by atoms with Gasteiger partial charge in [-0.15, -0.1) is 0 Å². The monoisotopic (exact) mass is 433 g/mol. The third-order valence-electron chi connectivity index (χ3n) is 6.17. The van der Waals surface area contributed by atoms with Crippen LogP contribution in [0.1, 0.15) is 62.3 Å². The Hall–Kier alpha value is -3.08. The molecule has 0 N–H and O–H groups in total. The van der Waals surface area contributed by atoms with Crippen LogP contribution in [0.4, 0.5) is 8.78 Å². The van der Waals surface area contributed by atoms with Gasteiger partial charge < -0.3 is 4.90 Å². The molecule has 3 nitrogen and oxygen atoms in total. The highest BCUT2D eigenvalue weighted by Crippen LogP contribution is 2.33. The van der Waals surface area contributed by atoms with Crippen LogP contribution in [0.5, 0.6) is 0 Å². The summed E-state index contributed by atoms with van der Waals surface area (Å²) in [5, 5.41) is 0.